The third-order valence-electron chi connectivity index (χ3n) is 7.91. The van der Waals surface area contributed by atoms with Crippen molar-refractivity contribution in [2.75, 3.05) is 50.2 Å². The van der Waals surface area contributed by atoms with Crippen molar-refractivity contribution in [3.05, 3.63) is 59.2 Å². The lowest BCUT2D eigenvalue weighted by atomic mass is 10.1. The zero-order valence-electron chi connectivity index (χ0n) is 31.1. The summed E-state index contributed by atoms with van der Waals surface area (Å²) in [6, 6.07) is 5.69. The molecule has 0 saturated carbocycles. The van der Waals surface area contributed by atoms with Crippen molar-refractivity contribution >= 4 is 46.9 Å². The minimum Gasteiger partial charge on any atom is -0.480 e. The highest BCUT2D eigenvalue weighted by Crippen LogP contribution is 2.29. The fourth-order valence-electron chi connectivity index (χ4n) is 5.00. The molecule has 0 heterocycles. The lowest BCUT2D eigenvalue weighted by molar-refractivity contribution is -0.159. The summed E-state index contributed by atoms with van der Waals surface area (Å²) in [7, 11) is 0. The number of hydrogen-bond donors (Lipinski definition) is 7. The van der Waals surface area contributed by atoms with E-state index in [1.54, 1.807) is 0 Å². The average Bonchev–Trinajstić information content (AvgIpc) is 3.13. The molecule has 0 aliphatic carbocycles. The van der Waals surface area contributed by atoms with Crippen LogP contribution in [0.3, 0.4) is 0 Å². The number of rotatable bonds is 27. The Hall–Kier alpha value is -5.11. The number of carboxylic acid groups (broad SMARTS) is 2. The summed E-state index contributed by atoms with van der Waals surface area (Å²) in [5.74, 6) is -4.75. The number of carbonyl (C=O) groups excluding carboxylic acids is 4. The first-order chi connectivity index (χ1) is 26.6. The van der Waals surface area contributed by atoms with Crippen molar-refractivity contribution in [1.82, 2.24) is 10.6 Å². The van der Waals surface area contributed by atoms with E-state index in [4.69, 9.17) is 25.1 Å². The van der Waals surface area contributed by atoms with Crippen LogP contribution in [-0.4, -0.2) is 97.4 Å². The number of alkyl halides is 3. The van der Waals surface area contributed by atoms with E-state index in [1.807, 2.05) is 6.92 Å². The molecule has 310 valence electrons. The van der Waals surface area contributed by atoms with Crippen LogP contribution in [0.2, 0.25) is 0 Å². The molecule has 0 bridgehead atoms. The maximum Gasteiger partial charge on any atom is 0.416 e. The molecule has 0 saturated heterocycles. The van der Waals surface area contributed by atoms with E-state index in [9.17, 15) is 47.0 Å². The minimum atomic E-state index is -4.60. The Bertz CT molecular complexity index is 1590. The van der Waals surface area contributed by atoms with Gasteiger partial charge in [-0.05, 0) is 80.6 Å². The van der Waals surface area contributed by atoms with Gasteiger partial charge in [0.2, 0.25) is 17.7 Å². The third kappa shape index (κ3) is 19.0. The van der Waals surface area contributed by atoms with Crippen LogP contribution in [0.25, 0.3) is 0 Å². The van der Waals surface area contributed by atoms with Crippen molar-refractivity contribution in [3.63, 3.8) is 0 Å². The summed E-state index contributed by atoms with van der Waals surface area (Å²) in [6.45, 7) is 3.63. The van der Waals surface area contributed by atoms with E-state index >= 15 is 0 Å². The number of carboxylic acids is 2. The van der Waals surface area contributed by atoms with Gasteiger partial charge in [0.05, 0.1) is 25.4 Å². The number of halogens is 3. The molecule has 2 rings (SSSR count). The van der Waals surface area contributed by atoms with Crippen LogP contribution in [0.15, 0.2) is 42.5 Å². The second-order valence-electron chi connectivity index (χ2n) is 12.5. The second-order valence-corrected chi connectivity index (χ2v) is 12.5. The maximum absolute atomic E-state index is 13.0. The van der Waals surface area contributed by atoms with Gasteiger partial charge in [0.25, 0.3) is 5.91 Å². The standard InChI is InChI=1S/C37H50F3N5O11/c1-2-54-17-18-55-23-31(48)43-16-8-3-5-9-29(46)42-15-7-4-6-10-30(47)44-27-19-24(22-56-33(36(52)53)32(41)35(50)51)20-28(21-27)45-34(49)25-11-13-26(14-12-25)37(38,39)40/h11-14,19-21,32-33H,2-10,15-18,22-23,41H2,1H3,(H,42,46)(H,43,48)(H,44,47)(H,45,49)(H,50,51)(H,52,53)/t32-,33-/m0/s1. The van der Waals surface area contributed by atoms with Gasteiger partial charge in [0, 0.05) is 49.5 Å². The second kappa shape index (κ2) is 25.1. The number of carbonyl (C=O) groups is 6. The summed E-state index contributed by atoms with van der Waals surface area (Å²) >= 11 is 0. The number of nitrogens with two attached hydrogens (primary N) is 1. The molecule has 2 aromatic carbocycles. The summed E-state index contributed by atoms with van der Waals surface area (Å²) in [4.78, 5) is 72.3. The summed E-state index contributed by atoms with van der Waals surface area (Å²) < 4.78 is 54.5. The number of ether oxygens (including phenoxy) is 3. The Morgan fingerprint density at radius 1 is 0.732 bits per heavy atom. The number of unbranched alkanes of at least 4 members (excludes halogenated alkanes) is 4. The van der Waals surface area contributed by atoms with Gasteiger partial charge in [-0.2, -0.15) is 13.2 Å². The molecule has 0 aliphatic rings. The first kappa shape index (κ1) is 47.0. The molecule has 8 N–H and O–H groups in total. The van der Waals surface area contributed by atoms with Crippen LogP contribution in [0.4, 0.5) is 24.5 Å². The van der Waals surface area contributed by atoms with Crippen LogP contribution in [0.5, 0.6) is 0 Å². The highest BCUT2D eigenvalue weighted by atomic mass is 19.4. The molecule has 0 fully saturated rings. The summed E-state index contributed by atoms with van der Waals surface area (Å²) in [6.07, 6.45) is -2.25. The van der Waals surface area contributed by atoms with Crippen LogP contribution >= 0.6 is 0 Å². The van der Waals surface area contributed by atoms with Gasteiger partial charge in [-0.3, -0.25) is 24.0 Å². The Labute approximate surface area is 322 Å². The fourth-order valence-corrected chi connectivity index (χ4v) is 5.00. The average molecular weight is 798 g/mol. The van der Waals surface area contributed by atoms with Crippen LogP contribution in [0.1, 0.15) is 79.8 Å². The predicted octanol–water partition coefficient (Wildman–Crippen LogP) is 3.68. The van der Waals surface area contributed by atoms with Gasteiger partial charge in [-0.1, -0.05) is 12.8 Å². The van der Waals surface area contributed by atoms with E-state index in [1.165, 1.54) is 18.2 Å². The van der Waals surface area contributed by atoms with E-state index in [0.29, 0.717) is 65.0 Å². The fraction of sp³-hybridized carbons (Fsp3) is 0.514. The lowest BCUT2D eigenvalue weighted by Gasteiger charge is -2.18. The predicted molar refractivity (Wildman–Crippen MR) is 197 cm³/mol. The van der Waals surface area contributed by atoms with Gasteiger partial charge in [-0.15, -0.1) is 0 Å². The van der Waals surface area contributed by atoms with E-state index in [-0.39, 0.29) is 47.3 Å². The van der Waals surface area contributed by atoms with Crippen LogP contribution < -0.4 is 27.0 Å². The number of anilines is 2. The Morgan fingerprint density at radius 2 is 1.30 bits per heavy atom. The summed E-state index contributed by atoms with van der Waals surface area (Å²) in [5, 5.41) is 29.3. The lowest BCUT2D eigenvalue weighted by Crippen LogP contribution is -2.47. The molecule has 0 radical (unpaired) electrons. The first-order valence-corrected chi connectivity index (χ1v) is 18.0. The van der Waals surface area contributed by atoms with Gasteiger partial charge in [0.1, 0.15) is 12.6 Å². The zero-order chi connectivity index (χ0) is 41.5. The molecule has 4 amide bonds. The number of amides is 4. The molecule has 19 heteroatoms. The van der Waals surface area contributed by atoms with Crippen LogP contribution in [0, 0.1) is 0 Å². The topological polar surface area (TPSA) is 245 Å². The van der Waals surface area contributed by atoms with Gasteiger partial charge < -0.3 is 51.4 Å². The Kier molecular flexibility index (Phi) is 21.1. The molecule has 2 atom stereocenters. The SMILES string of the molecule is CCOCCOCC(=O)NCCCCCC(=O)NCCCCCC(=O)Nc1cc(CO[C@H](C(=O)O)[C@H](N)C(=O)O)cc(NC(=O)c2ccc(C(F)(F)F)cc2)c1. The van der Waals surface area contributed by atoms with Gasteiger partial charge >= 0.3 is 18.1 Å². The molecular weight excluding hydrogens is 747 g/mol. The Balaban J connectivity index is 1.83. The zero-order valence-corrected chi connectivity index (χ0v) is 31.1. The largest absolute Gasteiger partial charge is 0.480 e. The maximum atomic E-state index is 13.0. The smallest absolute Gasteiger partial charge is 0.416 e. The molecule has 0 aromatic heterocycles. The monoisotopic (exact) mass is 797 g/mol. The van der Waals surface area contributed by atoms with Crippen molar-refractivity contribution < 1.29 is 66.4 Å². The highest BCUT2D eigenvalue weighted by molar-refractivity contribution is 6.04. The van der Waals surface area contributed by atoms with Crippen molar-refractivity contribution in [1.29, 1.82) is 0 Å². The summed E-state index contributed by atoms with van der Waals surface area (Å²) in [5.41, 5.74) is 4.82. The molecule has 16 nitrogen and oxygen atoms in total. The van der Waals surface area contributed by atoms with Gasteiger partial charge in [0.15, 0.2) is 6.10 Å². The quantitative estimate of drug-likeness (QED) is 0.0641. The molecular formula is C37H50F3N5O11. The van der Waals surface area contributed by atoms with Crippen molar-refractivity contribution in [2.24, 2.45) is 5.73 Å². The molecule has 56 heavy (non-hydrogen) atoms. The minimum absolute atomic E-state index is 0.0299. The molecule has 0 aliphatic heterocycles. The van der Waals surface area contributed by atoms with Crippen LogP contribution in [-0.2, 0) is 51.0 Å². The van der Waals surface area contributed by atoms with Crippen molar-refractivity contribution in [2.45, 2.75) is 83.2 Å². The molecule has 2 aromatic rings. The number of aliphatic carboxylic acids is 2. The van der Waals surface area contributed by atoms with E-state index < -0.39 is 54.2 Å². The normalized spacial score (nSPS) is 12.3. The number of nitrogens with one attached hydrogen (secondary N) is 4. The highest BCUT2D eigenvalue weighted by Gasteiger charge is 2.32. The Morgan fingerprint density at radius 3 is 1.88 bits per heavy atom. The van der Waals surface area contributed by atoms with Crippen molar-refractivity contribution in [3.8, 4) is 0 Å². The first-order valence-electron chi connectivity index (χ1n) is 18.0. The van der Waals surface area contributed by atoms with E-state index in [0.717, 1.165) is 37.1 Å². The molecule has 0 unspecified atom stereocenters. The number of hydrogen-bond acceptors (Lipinski definition) is 10. The van der Waals surface area contributed by atoms with Gasteiger partial charge in [-0.25, -0.2) is 4.79 Å². The van der Waals surface area contributed by atoms with E-state index in [2.05, 4.69) is 21.3 Å². The number of benzene rings is 2. The molecule has 0 spiro atoms. The third-order valence-corrected chi connectivity index (χ3v) is 7.91.